The van der Waals surface area contributed by atoms with E-state index in [1.165, 1.54) is 50.7 Å². The first-order chi connectivity index (χ1) is 9.74. The molecule has 0 aliphatic rings. The van der Waals surface area contributed by atoms with Crippen molar-refractivity contribution in [3.63, 3.8) is 0 Å². The van der Waals surface area contributed by atoms with Crippen LogP contribution in [0.25, 0.3) is 0 Å². The van der Waals surface area contributed by atoms with E-state index in [0.717, 1.165) is 11.3 Å². The number of hydrogen-bond acceptors (Lipinski definition) is 2. The number of carbonyl (C=O) groups is 1. The Labute approximate surface area is 127 Å². The molecule has 0 spiro atoms. The van der Waals surface area contributed by atoms with Crippen LogP contribution < -0.4 is 0 Å². The maximum Gasteiger partial charge on any atom is 0.335 e. The van der Waals surface area contributed by atoms with E-state index in [1.807, 2.05) is 23.9 Å². The van der Waals surface area contributed by atoms with E-state index in [9.17, 15) is 4.79 Å². The summed E-state index contributed by atoms with van der Waals surface area (Å²) >= 11 is 1.90. The second-order valence-corrected chi connectivity index (χ2v) is 6.28. The minimum atomic E-state index is -0.844. The number of rotatable bonds is 11. The van der Waals surface area contributed by atoms with Gasteiger partial charge in [0.15, 0.2) is 0 Å². The molecule has 0 bridgehead atoms. The van der Waals surface area contributed by atoms with Gasteiger partial charge in [-0.3, -0.25) is 0 Å². The summed E-state index contributed by atoms with van der Waals surface area (Å²) in [5, 5.41) is 8.93. The smallest absolute Gasteiger partial charge is 0.335 e. The van der Waals surface area contributed by atoms with Gasteiger partial charge in [-0.05, 0) is 29.9 Å². The number of carboxylic acid groups (broad SMARTS) is 1. The summed E-state index contributed by atoms with van der Waals surface area (Å²) in [6.07, 6.45) is 9.39. The molecule has 0 heterocycles. The zero-order valence-electron chi connectivity index (χ0n) is 12.4. The maximum absolute atomic E-state index is 10.9. The molecular weight excluding hydrogens is 268 g/mol. The molecule has 0 saturated heterocycles. The summed E-state index contributed by atoms with van der Waals surface area (Å²) in [5.41, 5.74) is 1.50. The van der Waals surface area contributed by atoms with E-state index >= 15 is 0 Å². The summed E-state index contributed by atoms with van der Waals surface area (Å²) in [4.78, 5) is 10.9. The number of hydrogen-bond donors (Lipinski definition) is 1. The summed E-state index contributed by atoms with van der Waals surface area (Å²) in [6.45, 7) is 2.25. The summed E-state index contributed by atoms with van der Waals surface area (Å²) in [7, 11) is 0. The first-order valence-corrected chi connectivity index (χ1v) is 8.79. The standard InChI is InChI=1S/C17H26O2S/c1-2-3-4-5-6-7-8-12-20-14-15-10-9-11-16(13-15)17(18)19/h9-11,13H,2-8,12,14H2,1H3,(H,18,19). The van der Waals surface area contributed by atoms with Gasteiger partial charge in [-0.1, -0.05) is 57.6 Å². The van der Waals surface area contributed by atoms with Crippen LogP contribution in [0, 0.1) is 0 Å². The zero-order valence-corrected chi connectivity index (χ0v) is 13.3. The third-order valence-corrected chi connectivity index (χ3v) is 4.45. The van der Waals surface area contributed by atoms with Crippen LogP contribution in [0.1, 0.15) is 67.8 Å². The van der Waals surface area contributed by atoms with Crippen molar-refractivity contribution in [2.45, 2.75) is 57.6 Å². The molecule has 1 rings (SSSR count). The highest BCUT2D eigenvalue weighted by molar-refractivity contribution is 7.98. The van der Waals surface area contributed by atoms with Crippen molar-refractivity contribution in [2.24, 2.45) is 0 Å². The molecule has 1 N–H and O–H groups in total. The monoisotopic (exact) mass is 294 g/mol. The van der Waals surface area contributed by atoms with Crippen molar-refractivity contribution < 1.29 is 9.90 Å². The molecule has 0 saturated carbocycles. The highest BCUT2D eigenvalue weighted by Gasteiger charge is 2.02. The van der Waals surface area contributed by atoms with E-state index in [1.54, 1.807) is 12.1 Å². The van der Waals surface area contributed by atoms with Crippen LogP contribution in [-0.2, 0) is 5.75 Å². The molecule has 3 heteroatoms. The fraction of sp³-hybridized carbons (Fsp3) is 0.588. The van der Waals surface area contributed by atoms with Gasteiger partial charge in [0, 0.05) is 5.75 Å². The fourth-order valence-electron chi connectivity index (χ4n) is 2.15. The lowest BCUT2D eigenvalue weighted by Crippen LogP contribution is -1.96. The zero-order chi connectivity index (χ0) is 14.6. The molecular formula is C17H26O2S. The van der Waals surface area contributed by atoms with E-state index in [0.29, 0.717) is 5.56 Å². The molecule has 0 atom stereocenters. The average Bonchev–Trinajstić information content (AvgIpc) is 2.46. The van der Waals surface area contributed by atoms with Crippen LogP contribution in [0.5, 0.6) is 0 Å². The van der Waals surface area contributed by atoms with Crippen LogP contribution in [-0.4, -0.2) is 16.8 Å². The molecule has 0 fully saturated rings. The van der Waals surface area contributed by atoms with Crippen LogP contribution in [0.2, 0.25) is 0 Å². The van der Waals surface area contributed by atoms with Crippen LogP contribution in [0.15, 0.2) is 24.3 Å². The second-order valence-electron chi connectivity index (χ2n) is 5.18. The molecule has 0 aromatic heterocycles. The first-order valence-electron chi connectivity index (χ1n) is 7.64. The van der Waals surface area contributed by atoms with Crippen molar-refractivity contribution in [1.82, 2.24) is 0 Å². The normalized spacial score (nSPS) is 10.7. The van der Waals surface area contributed by atoms with Crippen molar-refractivity contribution in [2.75, 3.05) is 5.75 Å². The van der Waals surface area contributed by atoms with E-state index in [-0.39, 0.29) is 0 Å². The highest BCUT2D eigenvalue weighted by atomic mass is 32.2. The molecule has 0 aliphatic carbocycles. The van der Waals surface area contributed by atoms with Crippen LogP contribution in [0.4, 0.5) is 0 Å². The minimum absolute atomic E-state index is 0.388. The number of benzene rings is 1. The Morgan fingerprint density at radius 3 is 2.50 bits per heavy atom. The summed E-state index contributed by atoms with van der Waals surface area (Å²) in [6, 6.07) is 7.25. The summed E-state index contributed by atoms with van der Waals surface area (Å²) < 4.78 is 0. The Morgan fingerprint density at radius 2 is 1.80 bits per heavy atom. The number of thioether (sulfide) groups is 1. The predicted octanol–water partition coefficient (Wildman–Crippen LogP) is 5.37. The Hall–Kier alpha value is -0.960. The Morgan fingerprint density at radius 1 is 1.10 bits per heavy atom. The van der Waals surface area contributed by atoms with Crippen molar-refractivity contribution >= 4 is 17.7 Å². The highest BCUT2D eigenvalue weighted by Crippen LogP contribution is 2.16. The topological polar surface area (TPSA) is 37.3 Å². The number of unbranched alkanes of at least 4 members (excludes halogenated alkanes) is 6. The lowest BCUT2D eigenvalue weighted by Gasteiger charge is -2.04. The van der Waals surface area contributed by atoms with E-state index in [2.05, 4.69) is 6.92 Å². The first kappa shape index (κ1) is 17.1. The van der Waals surface area contributed by atoms with Gasteiger partial charge >= 0.3 is 5.97 Å². The molecule has 112 valence electrons. The van der Waals surface area contributed by atoms with Crippen molar-refractivity contribution in [1.29, 1.82) is 0 Å². The molecule has 0 aliphatic heterocycles. The number of carboxylic acids is 1. The average molecular weight is 294 g/mol. The Kier molecular flexibility index (Phi) is 9.22. The predicted molar refractivity (Wildman–Crippen MR) is 87.6 cm³/mol. The molecule has 0 amide bonds. The second kappa shape index (κ2) is 10.8. The maximum atomic E-state index is 10.9. The van der Waals surface area contributed by atoms with Crippen LogP contribution >= 0.6 is 11.8 Å². The Bertz CT molecular complexity index is 390. The minimum Gasteiger partial charge on any atom is -0.478 e. The molecule has 1 aromatic rings. The van der Waals surface area contributed by atoms with E-state index < -0.39 is 5.97 Å². The molecule has 0 unspecified atom stereocenters. The largest absolute Gasteiger partial charge is 0.478 e. The molecule has 0 radical (unpaired) electrons. The lowest BCUT2D eigenvalue weighted by atomic mass is 10.1. The van der Waals surface area contributed by atoms with Gasteiger partial charge in [0.25, 0.3) is 0 Å². The molecule has 2 nitrogen and oxygen atoms in total. The van der Waals surface area contributed by atoms with E-state index in [4.69, 9.17) is 5.11 Å². The fourth-order valence-corrected chi connectivity index (χ4v) is 3.11. The van der Waals surface area contributed by atoms with Gasteiger partial charge in [-0.2, -0.15) is 11.8 Å². The van der Waals surface area contributed by atoms with Gasteiger partial charge in [0.1, 0.15) is 0 Å². The van der Waals surface area contributed by atoms with Gasteiger partial charge in [0.2, 0.25) is 0 Å². The van der Waals surface area contributed by atoms with Crippen LogP contribution in [0.3, 0.4) is 0 Å². The molecule has 1 aromatic carbocycles. The van der Waals surface area contributed by atoms with Gasteiger partial charge < -0.3 is 5.11 Å². The quantitative estimate of drug-likeness (QED) is 0.558. The van der Waals surface area contributed by atoms with Gasteiger partial charge in [-0.15, -0.1) is 0 Å². The molecule has 20 heavy (non-hydrogen) atoms. The third kappa shape index (κ3) is 7.59. The Balaban J connectivity index is 2.06. The third-order valence-electron chi connectivity index (χ3n) is 3.33. The SMILES string of the molecule is CCCCCCCCCSCc1cccc(C(=O)O)c1. The summed E-state index contributed by atoms with van der Waals surface area (Å²) in [5.74, 6) is 1.24. The van der Waals surface area contributed by atoms with Crippen molar-refractivity contribution in [3.05, 3.63) is 35.4 Å². The van der Waals surface area contributed by atoms with Gasteiger partial charge in [-0.25, -0.2) is 4.79 Å². The van der Waals surface area contributed by atoms with Gasteiger partial charge in [0.05, 0.1) is 5.56 Å². The number of aromatic carboxylic acids is 1. The van der Waals surface area contributed by atoms with Crippen molar-refractivity contribution in [3.8, 4) is 0 Å². The lowest BCUT2D eigenvalue weighted by molar-refractivity contribution is 0.0697.